The Morgan fingerprint density at radius 2 is 0.928 bits per heavy atom. The number of carbonyl (C=O) groups excluding carboxylic acids is 1. The molecule has 0 radical (unpaired) electrons. The zero-order valence-electron chi connectivity index (χ0n) is 43.3. The summed E-state index contributed by atoms with van der Waals surface area (Å²) < 4.78 is 22.5. The zero-order chi connectivity index (χ0) is 50.3. The molecule has 2 rings (SSSR count). The molecule has 14 nitrogen and oxygen atoms in total. The van der Waals surface area contributed by atoms with Crippen molar-refractivity contribution in [1.29, 1.82) is 0 Å². The number of aliphatic hydroxyl groups excluding tert-OH is 8. The van der Waals surface area contributed by atoms with Gasteiger partial charge < -0.3 is 65.1 Å². The molecule has 12 unspecified atom stereocenters. The zero-order valence-corrected chi connectivity index (χ0v) is 43.3. The molecule has 1 amide bonds. The van der Waals surface area contributed by atoms with Crippen LogP contribution in [0.15, 0.2) is 24.3 Å². The van der Waals surface area contributed by atoms with E-state index in [2.05, 4.69) is 24.4 Å². The number of rotatable bonds is 44. The van der Waals surface area contributed by atoms with E-state index in [0.717, 1.165) is 19.3 Å². The Kier molecular flexibility index (Phi) is 38.6. The fraction of sp³-hybridized carbons (Fsp3) is 0.909. The average Bonchev–Trinajstić information content (AvgIpc) is 3.35. The van der Waals surface area contributed by atoms with Gasteiger partial charge in [-0.3, -0.25) is 4.79 Å². The molecule has 2 fully saturated rings. The highest BCUT2D eigenvalue weighted by molar-refractivity contribution is 5.76. The molecule has 2 saturated heterocycles. The minimum atomic E-state index is -1.79. The summed E-state index contributed by atoms with van der Waals surface area (Å²) in [5.74, 6) is -0.284. The Hall–Kier alpha value is -1.53. The molecule has 0 aromatic rings. The molecule has 0 aromatic carbocycles. The van der Waals surface area contributed by atoms with Gasteiger partial charge in [0.05, 0.1) is 32.0 Å². The number of nitrogens with one attached hydrogen (secondary N) is 1. The molecule has 0 bridgehead atoms. The molecule has 406 valence electrons. The Labute approximate surface area is 418 Å². The minimum Gasteiger partial charge on any atom is -0.394 e. The van der Waals surface area contributed by atoms with Gasteiger partial charge in [0, 0.05) is 6.42 Å². The first-order chi connectivity index (χ1) is 33.6. The van der Waals surface area contributed by atoms with E-state index in [1.54, 1.807) is 6.08 Å². The van der Waals surface area contributed by atoms with Gasteiger partial charge in [0.2, 0.25) is 5.91 Å². The molecule has 9 N–H and O–H groups in total. The molecule has 14 heteroatoms. The highest BCUT2D eigenvalue weighted by Crippen LogP contribution is 2.30. The summed E-state index contributed by atoms with van der Waals surface area (Å²) in [6, 6.07) is -0.923. The summed E-state index contributed by atoms with van der Waals surface area (Å²) >= 11 is 0. The summed E-state index contributed by atoms with van der Waals surface area (Å²) in [6.45, 7) is 2.52. The predicted octanol–water partition coefficient (Wildman–Crippen LogP) is 8.50. The number of allylic oxidation sites excluding steroid dienone is 3. The van der Waals surface area contributed by atoms with Gasteiger partial charge in [0.1, 0.15) is 48.8 Å². The summed E-state index contributed by atoms with van der Waals surface area (Å²) in [5.41, 5.74) is 0. The van der Waals surface area contributed by atoms with E-state index in [-0.39, 0.29) is 18.9 Å². The van der Waals surface area contributed by atoms with Crippen molar-refractivity contribution in [3.8, 4) is 0 Å². The second-order valence-electron chi connectivity index (χ2n) is 20.1. The lowest BCUT2D eigenvalue weighted by Gasteiger charge is -2.46. The summed E-state index contributed by atoms with van der Waals surface area (Å²) in [5, 5.41) is 86.0. The van der Waals surface area contributed by atoms with E-state index in [1.807, 2.05) is 13.0 Å². The van der Waals surface area contributed by atoms with E-state index in [0.29, 0.717) is 12.8 Å². The maximum absolute atomic E-state index is 12.7. The van der Waals surface area contributed by atoms with Crippen LogP contribution in [0.4, 0.5) is 0 Å². The van der Waals surface area contributed by atoms with Crippen LogP contribution in [0.3, 0.4) is 0 Å². The molecule has 69 heavy (non-hydrogen) atoms. The van der Waals surface area contributed by atoms with Crippen LogP contribution < -0.4 is 5.32 Å². The summed E-state index contributed by atoms with van der Waals surface area (Å²) in [4.78, 5) is 12.7. The van der Waals surface area contributed by atoms with Gasteiger partial charge in [-0.05, 0) is 32.1 Å². The lowest BCUT2D eigenvalue weighted by Crippen LogP contribution is -2.65. The highest BCUT2D eigenvalue weighted by atomic mass is 16.7. The Balaban J connectivity index is 1.53. The quantitative estimate of drug-likeness (QED) is 0.0206. The first-order valence-electron chi connectivity index (χ1n) is 28.1. The van der Waals surface area contributed by atoms with Gasteiger partial charge in [-0.15, -0.1) is 0 Å². The summed E-state index contributed by atoms with van der Waals surface area (Å²) in [6.07, 6.45) is 32.8. The van der Waals surface area contributed by atoms with Crippen molar-refractivity contribution in [3.05, 3.63) is 24.3 Å². The van der Waals surface area contributed by atoms with Crippen molar-refractivity contribution in [1.82, 2.24) is 5.32 Å². The van der Waals surface area contributed by atoms with Gasteiger partial charge in [0.25, 0.3) is 0 Å². The molecule has 12 atom stereocenters. The van der Waals surface area contributed by atoms with E-state index >= 15 is 0 Å². The molecule has 0 aliphatic carbocycles. The minimum absolute atomic E-state index is 0.249. The van der Waals surface area contributed by atoms with Gasteiger partial charge in [-0.1, -0.05) is 212 Å². The van der Waals surface area contributed by atoms with Crippen LogP contribution in [-0.2, 0) is 23.7 Å². The third-order valence-corrected chi connectivity index (χ3v) is 13.9. The standard InChI is InChI=1S/C55H103NO13/c1-3-5-7-8-9-10-11-12-13-14-15-16-17-18-19-20-21-22-23-24-25-26-27-28-29-30-31-32-33-34-35-36-37-38-44(59)43(56-47(60)39-6-4-2)42-66-54-52(65)50(63)53(46(41-58)68-54)69-55-51(64)49(62)48(61)45(40-57)67-55/h33-34,37-38,43-46,48-55,57-59,61-65H,3-32,35-36,39-42H2,1-2H3,(H,56,60)/b34-33+,38-37+. The van der Waals surface area contributed by atoms with Crippen molar-refractivity contribution in [3.63, 3.8) is 0 Å². The largest absolute Gasteiger partial charge is 0.394 e. The molecule has 2 aliphatic heterocycles. The van der Waals surface area contributed by atoms with Crippen LogP contribution in [0.2, 0.25) is 0 Å². The normalized spacial score (nSPS) is 26.3. The van der Waals surface area contributed by atoms with E-state index in [4.69, 9.17) is 18.9 Å². The number of amides is 1. The van der Waals surface area contributed by atoms with Crippen LogP contribution in [0.1, 0.15) is 226 Å². The molecule has 2 heterocycles. The fourth-order valence-electron chi connectivity index (χ4n) is 9.29. The van der Waals surface area contributed by atoms with Crippen molar-refractivity contribution in [2.24, 2.45) is 0 Å². The van der Waals surface area contributed by atoms with Gasteiger partial charge in [-0.25, -0.2) is 0 Å². The number of hydrogen-bond donors (Lipinski definition) is 9. The van der Waals surface area contributed by atoms with Crippen molar-refractivity contribution >= 4 is 5.91 Å². The first kappa shape index (κ1) is 63.6. The van der Waals surface area contributed by atoms with Crippen LogP contribution in [-0.4, -0.2) is 140 Å². The molecule has 0 spiro atoms. The number of unbranched alkanes of at least 4 members (excludes halogenated alkanes) is 29. The third-order valence-electron chi connectivity index (χ3n) is 13.9. The maximum Gasteiger partial charge on any atom is 0.220 e. The third kappa shape index (κ3) is 28.5. The predicted molar refractivity (Wildman–Crippen MR) is 272 cm³/mol. The SMILES string of the molecule is CCCCCCCCCCCCCCCCCCCCCCCCCCCCC/C=C/CC/C=C/C(O)C(COC1OC(CO)C(OC2OC(CO)C(O)C(O)C2O)C(O)C1O)NC(=O)CCCC. The van der Waals surface area contributed by atoms with E-state index < -0.39 is 86.8 Å². The van der Waals surface area contributed by atoms with Gasteiger partial charge >= 0.3 is 0 Å². The molecule has 0 saturated carbocycles. The van der Waals surface area contributed by atoms with Crippen molar-refractivity contribution < 1.29 is 64.6 Å². The van der Waals surface area contributed by atoms with Crippen LogP contribution in [0, 0.1) is 0 Å². The van der Waals surface area contributed by atoms with Crippen LogP contribution >= 0.6 is 0 Å². The Morgan fingerprint density at radius 1 is 0.507 bits per heavy atom. The van der Waals surface area contributed by atoms with Crippen molar-refractivity contribution in [2.75, 3.05) is 19.8 Å². The van der Waals surface area contributed by atoms with Gasteiger partial charge in [0.15, 0.2) is 12.6 Å². The van der Waals surface area contributed by atoms with Crippen LogP contribution in [0.25, 0.3) is 0 Å². The smallest absolute Gasteiger partial charge is 0.220 e. The monoisotopic (exact) mass is 986 g/mol. The lowest BCUT2D eigenvalue weighted by molar-refractivity contribution is -0.359. The van der Waals surface area contributed by atoms with Crippen molar-refractivity contribution in [2.45, 2.75) is 299 Å². The number of hydrogen-bond acceptors (Lipinski definition) is 13. The molecule has 0 aromatic heterocycles. The summed E-state index contributed by atoms with van der Waals surface area (Å²) in [7, 11) is 0. The number of ether oxygens (including phenoxy) is 4. The van der Waals surface area contributed by atoms with E-state index in [1.165, 1.54) is 173 Å². The first-order valence-corrected chi connectivity index (χ1v) is 28.1. The Morgan fingerprint density at radius 3 is 1.41 bits per heavy atom. The average molecular weight is 986 g/mol. The number of carbonyl (C=O) groups is 1. The topological polar surface area (TPSA) is 228 Å². The fourth-order valence-corrected chi connectivity index (χ4v) is 9.29. The lowest BCUT2D eigenvalue weighted by atomic mass is 9.97. The maximum atomic E-state index is 12.7. The van der Waals surface area contributed by atoms with Crippen LogP contribution in [0.5, 0.6) is 0 Å². The molecular weight excluding hydrogens is 883 g/mol. The molecule has 2 aliphatic rings. The molecular formula is C55H103NO13. The highest BCUT2D eigenvalue weighted by Gasteiger charge is 2.51. The second-order valence-corrected chi connectivity index (χ2v) is 20.1. The van der Waals surface area contributed by atoms with Gasteiger partial charge in [-0.2, -0.15) is 0 Å². The van der Waals surface area contributed by atoms with E-state index in [9.17, 15) is 45.6 Å². The number of aliphatic hydroxyl groups is 8. The second kappa shape index (κ2) is 41.9. The Bertz CT molecular complexity index is 1260.